The number of benzene rings is 1. The topological polar surface area (TPSA) is 183 Å². The fraction of sp³-hybridized carbons (Fsp3) is 0.217. The molecule has 10 heteroatoms. The molecule has 33 heavy (non-hydrogen) atoms. The Morgan fingerprint density at radius 1 is 1.12 bits per heavy atom. The number of nitriles is 4. The first kappa shape index (κ1) is 24.2. The fourth-order valence-corrected chi connectivity index (χ4v) is 3.02. The van der Waals surface area contributed by atoms with Gasteiger partial charge in [-0.1, -0.05) is 24.3 Å². The van der Waals surface area contributed by atoms with Crippen molar-refractivity contribution in [2.24, 2.45) is 0 Å². The molecule has 1 aromatic carbocycles. The van der Waals surface area contributed by atoms with Crippen molar-refractivity contribution >= 4 is 23.8 Å². The molecule has 1 aliphatic heterocycles. The van der Waals surface area contributed by atoms with Crippen molar-refractivity contribution < 1.29 is 19.4 Å². The fourth-order valence-electron chi connectivity index (χ4n) is 3.02. The number of carbonyl (C=O) groups excluding carboxylic acids is 1. The third-order valence-electron chi connectivity index (χ3n) is 4.59. The lowest BCUT2D eigenvalue weighted by molar-refractivity contribution is -0.117. The lowest BCUT2D eigenvalue weighted by Crippen LogP contribution is -2.42. The molecule has 10 nitrogen and oxygen atoms in total. The molecule has 2 amide bonds. The minimum Gasteiger partial charge on any atom is -0.480 e. The summed E-state index contributed by atoms with van der Waals surface area (Å²) >= 11 is 0. The SMILES string of the molecule is CC1(C)OC(=C(C#N)C#N)C(C#N)=C1C=Cc1ccc(NC(=O)C(CC#N)NC(=O)O)cc1. The van der Waals surface area contributed by atoms with E-state index in [0.717, 1.165) is 0 Å². The number of ether oxygens (including phenoxy) is 1. The van der Waals surface area contributed by atoms with Crippen molar-refractivity contribution in [3.05, 3.63) is 58.4 Å². The molecule has 1 atom stereocenters. The van der Waals surface area contributed by atoms with Crippen LogP contribution in [-0.4, -0.2) is 28.7 Å². The van der Waals surface area contributed by atoms with Crippen LogP contribution in [0.25, 0.3) is 6.08 Å². The predicted molar refractivity (Wildman–Crippen MR) is 115 cm³/mol. The summed E-state index contributed by atoms with van der Waals surface area (Å²) in [6.45, 7) is 3.43. The van der Waals surface area contributed by atoms with Gasteiger partial charge in [-0.3, -0.25) is 4.79 Å². The molecule has 0 fully saturated rings. The first-order valence-corrected chi connectivity index (χ1v) is 9.51. The van der Waals surface area contributed by atoms with Gasteiger partial charge in [0.05, 0.1) is 12.5 Å². The van der Waals surface area contributed by atoms with Gasteiger partial charge >= 0.3 is 6.09 Å². The average Bonchev–Trinajstić information content (AvgIpc) is 3.02. The average molecular weight is 442 g/mol. The van der Waals surface area contributed by atoms with Crippen LogP contribution in [0.2, 0.25) is 0 Å². The zero-order valence-corrected chi connectivity index (χ0v) is 17.7. The van der Waals surface area contributed by atoms with E-state index in [0.29, 0.717) is 16.8 Å². The second-order valence-corrected chi connectivity index (χ2v) is 7.25. The summed E-state index contributed by atoms with van der Waals surface area (Å²) in [5, 5.41) is 49.9. The van der Waals surface area contributed by atoms with Gasteiger partial charge in [-0.2, -0.15) is 21.0 Å². The molecule has 0 aliphatic carbocycles. The van der Waals surface area contributed by atoms with Gasteiger partial charge in [0.25, 0.3) is 0 Å². The van der Waals surface area contributed by atoms with Crippen molar-refractivity contribution in [2.45, 2.75) is 31.9 Å². The third kappa shape index (κ3) is 5.76. The van der Waals surface area contributed by atoms with Crippen LogP contribution in [-0.2, 0) is 9.53 Å². The molecule has 0 saturated carbocycles. The molecule has 0 spiro atoms. The van der Waals surface area contributed by atoms with Crippen molar-refractivity contribution in [2.75, 3.05) is 5.32 Å². The Morgan fingerprint density at radius 2 is 1.76 bits per heavy atom. The van der Waals surface area contributed by atoms with E-state index in [1.807, 2.05) is 11.4 Å². The molecule has 1 heterocycles. The molecule has 0 aromatic heterocycles. The van der Waals surface area contributed by atoms with E-state index in [9.17, 15) is 14.9 Å². The summed E-state index contributed by atoms with van der Waals surface area (Å²) < 4.78 is 5.70. The van der Waals surface area contributed by atoms with Gasteiger partial charge in [0.2, 0.25) is 5.91 Å². The highest BCUT2D eigenvalue weighted by atomic mass is 16.5. The van der Waals surface area contributed by atoms with Gasteiger partial charge in [-0.05, 0) is 31.5 Å². The van der Waals surface area contributed by atoms with E-state index in [1.54, 1.807) is 68.5 Å². The highest BCUT2D eigenvalue weighted by Gasteiger charge is 2.38. The van der Waals surface area contributed by atoms with Gasteiger partial charge in [0.15, 0.2) is 11.3 Å². The second kappa shape index (κ2) is 10.3. The Balaban J connectivity index is 2.25. The van der Waals surface area contributed by atoms with Crippen LogP contribution in [0.5, 0.6) is 0 Å². The number of anilines is 1. The van der Waals surface area contributed by atoms with Crippen molar-refractivity contribution in [3.63, 3.8) is 0 Å². The van der Waals surface area contributed by atoms with Crippen LogP contribution in [0.15, 0.2) is 52.8 Å². The van der Waals surface area contributed by atoms with Gasteiger partial charge < -0.3 is 20.5 Å². The molecule has 0 radical (unpaired) electrons. The smallest absolute Gasteiger partial charge is 0.405 e. The maximum Gasteiger partial charge on any atom is 0.405 e. The maximum atomic E-state index is 12.2. The second-order valence-electron chi connectivity index (χ2n) is 7.25. The van der Waals surface area contributed by atoms with E-state index < -0.39 is 23.6 Å². The van der Waals surface area contributed by atoms with Gasteiger partial charge in [-0.15, -0.1) is 0 Å². The molecule has 1 unspecified atom stereocenters. The Bertz CT molecular complexity index is 1210. The minimum absolute atomic E-state index is 0.0490. The molecule has 3 N–H and O–H groups in total. The summed E-state index contributed by atoms with van der Waals surface area (Å²) in [5.74, 6) is -0.715. The van der Waals surface area contributed by atoms with Crippen molar-refractivity contribution in [1.29, 1.82) is 21.0 Å². The molecule has 1 aliphatic rings. The summed E-state index contributed by atoms with van der Waals surface area (Å²) in [6.07, 6.45) is 1.63. The quantitative estimate of drug-likeness (QED) is 0.561. The minimum atomic E-state index is -1.41. The first-order chi connectivity index (χ1) is 15.7. The number of rotatable bonds is 6. The van der Waals surface area contributed by atoms with Crippen molar-refractivity contribution in [3.8, 4) is 24.3 Å². The summed E-state index contributed by atoms with van der Waals surface area (Å²) in [6, 6.07) is 12.5. The lowest BCUT2D eigenvalue weighted by atomic mass is 9.94. The summed E-state index contributed by atoms with van der Waals surface area (Å²) in [5.41, 5.74) is 0.495. The van der Waals surface area contributed by atoms with E-state index >= 15 is 0 Å². The molecule has 2 rings (SSSR count). The summed E-state index contributed by atoms with van der Waals surface area (Å²) in [7, 11) is 0. The third-order valence-corrected chi connectivity index (χ3v) is 4.59. The van der Waals surface area contributed by atoms with Crippen molar-refractivity contribution in [1.82, 2.24) is 5.32 Å². The number of allylic oxidation sites excluding steroid dienone is 2. The van der Waals surface area contributed by atoms with E-state index in [2.05, 4.69) is 5.32 Å². The largest absolute Gasteiger partial charge is 0.480 e. The van der Waals surface area contributed by atoms with Gasteiger partial charge in [-0.25, -0.2) is 4.79 Å². The van der Waals surface area contributed by atoms with Crippen LogP contribution >= 0.6 is 0 Å². The standard InChI is InChI=1S/C23H18N6O4/c1-23(2)18(17(13-27)20(33-23)15(11-25)12-26)8-5-14-3-6-16(7-4-14)28-21(30)19(9-10-24)29-22(31)32/h3-8,19,29H,9H2,1-2H3,(H,28,30)(H,31,32). The van der Waals surface area contributed by atoms with Gasteiger partial charge in [0, 0.05) is 11.3 Å². The number of hydrogen-bond donors (Lipinski definition) is 3. The Labute approximate surface area is 189 Å². The monoisotopic (exact) mass is 442 g/mol. The Morgan fingerprint density at radius 3 is 2.27 bits per heavy atom. The molecule has 0 saturated heterocycles. The number of nitrogens with one attached hydrogen (secondary N) is 2. The van der Waals surface area contributed by atoms with E-state index in [4.69, 9.17) is 25.6 Å². The zero-order valence-electron chi connectivity index (χ0n) is 17.7. The maximum absolute atomic E-state index is 12.2. The van der Waals surface area contributed by atoms with Crippen LogP contribution in [0.4, 0.5) is 10.5 Å². The first-order valence-electron chi connectivity index (χ1n) is 9.51. The normalized spacial score (nSPS) is 14.8. The lowest BCUT2D eigenvalue weighted by Gasteiger charge is -2.20. The molecular formula is C23H18N6O4. The highest BCUT2D eigenvalue weighted by Crippen LogP contribution is 2.40. The Hall–Kier alpha value is -5.06. The van der Waals surface area contributed by atoms with Crippen LogP contribution in [0.1, 0.15) is 25.8 Å². The van der Waals surface area contributed by atoms with Crippen LogP contribution < -0.4 is 10.6 Å². The number of carbonyl (C=O) groups is 2. The van der Waals surface area contributed by atoms with Gasteiger partial charge in [0.1, 0.15) is 35.4 Å². The van der Waals surface area contributed by atoms with E-state index in [1.165, 1.54) is 0 Å². The molecular weight excluding hydrogens is 424 g/mol. The highest BCUT2D eigenvalue weighted by molar-refractivity contribution is 5.96. The molecule has 0 bridgehead atoms. The molecule has 164 valence electrons. The number of carboxylic acid groups (broad SMARTS) is 1. The number of amides is 2. The Kier molecular flexibility index (Phi) is 7.56. The van der Waals surface area contributed by atoms with Crippen LogP contribution in [0.3, 0.4) is 0 Å². The predicted octanol–water partition coefficient (Wildman–Crippen LogP) is 3.12. The summed E-state index contributed by atoms with van der Waals surface area (Å²) in [4.78, 5) is 23.0. The molecule has 1 aromatic rings. The zero-order chi connectivity index (χ0) is 24.6. The number of nitrogens with zero attached hydrogens (tertiary/aromatic N) is 4. The van der Waals surface area contributed by atoms with Crippen LogP contribution in [0, 0.1) is 45.3 Å². The number of hydrogen-bond acceptors (Lipinski definition) is 7. The van der Waals surface area contributed by atoms with E-state index in [-0.39, 0.29) is 23.3 Å².